The van der Waals surface area contributed by atoms with Gasteiger partial charge >= 0.3 is 0 Å². The average molecular weight is 1020 g/mol. The first-order chi connectivity index (χ1) is 34.4. The summed E-state index contributed by atoms with van der Waals surface area (Å²) in [6.07, 6.45) is 7.64. The minimum absolute atomic E-state index is 0.0127. The van der Waals surface area contributed by atoms with E-state index in [1.807, 2.05) is 12.2 Å². The molecule has 7 amide bonds. The van der Waals surface area contributed by atoms with Crippen LogP contribution in [0.2, 0.25) is 0 Å². The number of rotatable bonds is 30. The van der Waals surface area contributed by atoms with E-state index in [1.54, 1.807) is 30.3 Å². The summed E-state index contributed by atoms with van der Waals surface area (Å²) in [5, 5.41) is 64.0. The van der Waals surface area contributed by atoms with Crippen LogP contribution in [0.5, 0.6) is 17.2 Å². The number of hydrogen-bond acceptors (Lipinski definition) is 15. The van der Waals surface area contributed by atoms with Gasteiger partial charge in [0.2, 0.25) is 41.4 Å². The van der Waals surface area contributed by atoms with Crippen molar-refractivity contribution in [2.45, 2.75) is 100 Å². The highest BCUT2D eigenvalue weighted by Crippen LogP contribution is 2.25. The Morgan fingerprint density at radius 1 is 0.597 bits per heavy atom. The number of carbonyl (C=O) groups excluding carboxylic acids is 8. The van der Waals surface area contributed by atoms with Gasteiger partial charge in [0.05, 0.1) is 19.3 Å². The predicted molar refractivity (Wildman–Crippen MR) is 267 cm³/mol. The average Bonchev–Trinajstić information content (AvgIpc) is 3.82. The molecule has 0 radical (unpaired) electrons. The Morgan fingerprint density at radius 3 is 1.58 bits per heavy atom. The van der Waals surface area contributed by atoms with Crippen LogP contribution in [0, 0.1) is 5.92 Å². The maximum Gasteiger partial charge on any atom is 0.245 e. The number of phenols is 3. The van der Waals surface area contributed by atoms with Gasteiger partial charge in [-0.25, -0.2) is 0 Å². The fraction of sp³-hybridized carbons (Fsp3) is 0.400. The molecule has 3 aromatic carbocycles. The smallest absolute Gasteiger partial charge is 0.245 e. The van der Waals surface area contributed by atoms with Crippen LogP contribution in [0.3, 0.4) is 0 Å². The van der Waals surface area contributed by atoms with E-state index in [0.717, 1.165) is 5.56 Å². The third-order valence-electron chi connectivity index (χ3n) is 11.7. The van der Waals surface area contributed by atoms with Gasteiger partial charge in [0.1, 0.15) is 59.8 Å². The second kappa shape index (κ2) is 29.2. The molecule has 0 aromatic heterocycles. The van der Waals surface area contributed by atoms with Crippen molar-refractivity contribution < 1.29 is 63.9 Å². The lowest BCUT2D eigenvalue weighted by molar-refractivity contribution is -0.134. The van der Waals surface area contributed by atoms with Crippen LogP contribution in [0.15, 0.2) is 96.6 Å². The maximum absolute atomic E-state index is 13.9. The number of nitrogens with two attached hydrogens (primary N) is 2. The number of aromatic hydroxyl groups is 3. The van der Waals surface area contributed by atoms with Gasteiger partial charge in [-0.1, -0.05) is 67.5 Å². The van der Waals surface area contributed by atoms with Crippen molar-refractivity contribution in [3.63, 3.8) is 0 Å². The molecule has 3 aromatic rings. The molecule has 15 N–H and O–H groups in total. The molecule has 0 aliphatic heterocycles. The molecule has 1 aliphatic rings. The van der Waals surface area contributed by atoms with Gasteiger partial charge in [-0.05, 0) is 83.8 Å². The number of aliphatic hydroxyl groups is 2. The Bertz CT molecular complexity index is 2390. The van der Waals surface area contributed by atoms with Crippen molar-refractivity contribution in [1.29, 1.82) is 0 Å². The molecule has 388 valence electrons. The number of amides is 7. The number of thiol groups is 1. The number of benzene rings is 3. The van der Waals surface area contributed by atoms with Crippen LogP contribution in [0.25, 0.3) is 0 Å². The summed E-state index contributed by atoms with van der Waals surface area (Å²) in [6.45, 7) is -1.55. The van der Waals surface area contributed by atoms with E-state index in [1.165, 1.54) is 48.5 Å². The van der Waals surface area contributed by atoms with Gasteiger partial charge in [-0.3, -0.25) is 33.6 Å². The number of aliphatic hydroxyl groups excluding tert-OH is 2. The minimum atomic E-state index is -1.53. The molecule has 0 bridgehead atoms. The lowest BCUT2D eigenvalue weighted by Crippen LogP contribution is -2.57. The van der Waals surface area contributed by atoms with E-state index in [9.17, 15) is 63.9 Å². The highest BCUT2D eigenvalue weighted by molar-refractivity contribution is 7.80. The second-order valence-corrected chi connectivity index (χ2v) is 17.7. The van der Waals surface area contributed by atoms with Gasteiger partial charge < -0.3 is 73.7 Å². The fourth-order valence-electron chi connectivity index (χ4n) is 7.53. The summed E-state index contributed by atoms with van der Waals surface area (Å²) in [6, 6.07) is 9.36. The molecular formula is C50H64N8O13S. The zero-order valence-electron chi connectivity index (χ0n) is 39.4. The summed E-state index contributed by atoms with van der Waals surface area (Å²) in [5.74, 6) is -5.39. The van der Waals surface area contributed by atoms with Gasteiger partial charge in [-0.2, -0.15) is 12.6 Å². The van der Waals surface area contributed by atoms with Crippen molar-refractivity contribution in [3.8, 4) is 17.2 Å². The van der Waals surface area contributed by atoms with Crippen LogP contribution in [0.4, 0.5) is 0 Å². The summed E-state index contributed by atoms with van der Waals surface area (Å²) in [4.78, 5) is 104. The summed E-state index contributed by atoms with van der Waals surface area (Å²) in [5.41, 5.74) is 14.1. The summed E-state index contributed by atoms with van der Waals surface area (Å²) >= 11 is 4.08. The number of unbranched alkanes of at least 4 members (excludes halogenated alkanes) is 1. The second-order valence-electron chi connectivity index (χ2n) is 17.3. The van der Waals surface area contributed by atoms with Crippen LogP contribution >= 0.6 is 12.6 Å². The number of hydrogen-bond donors (Lipinski definition) is 14. The quantitative estimate of drug-likeness (QED) is 0.0219. The zero-order valence-corrected chi connectivity index (χ0v) is 40.3. The topological polar surface area (TPSA) is 362 Å². The highest BCUT2D eigenvalue weighted by atomic mass is 32.1. The molecule has 2 unspecified atom stereocenters. The van der Waals surface area contributed by atoms with E-state index >= 15 is 0 Å². The Labute approximate surface area is 421 Å². The first-order valence-electron chi connectivity index (χ1n) is 23.3. The SMILES string of the molecule is NC(=O)C(CCCCC1C=CC(C[C@@H](NC(=O)[C@@H](N)CS)C(=O)N[C@@H](Cc2ccc(O)cc2)C(=O)N[C@H](C=O)CO)=C1)NC(=O)[C@H](CO)NC(=O)[C@H](Cc1ccc(O)cc1)NC(=O)CCc1ccc(O)cc1. The van der Waals surface area contributed by atoms with Crippen molar-refractivity contribution >= 4 is 60.3 Å². The minimum Gasteiger partial charge on any atom is -0.508 e. The summed E-state index contributed by atoms with van der Waals surface area (Å²) in [7, 11) is 0. The molecule has 1 aliphatic carbocycles. The first-order valence-corrected chi connectivity index (χ1v) is 23.9. The Hall–Kier alpha value is -7.27. The first kappa shape index (κ1) is 57.3. The standard InChI is InChI=1S/C50H64N8O13S/c51-38(28-72)46(67)56-42(49(70)57-41(47(68)53-34(25-59)26-60)23-32-11-18-37(64)19-12-32)24-33-6-5-30(21-33)3-1-2-4-39(45(52)66)55-50(71)43(27-61)58-48(69)40(22-31-9-16-36(63)17-10-31)54-44(65)20-13-29-7-14-35(62)15-8-29/h5-12,14-19,21,25,30,34,38-43,60-64,72H,1-4,13,20,22-24,26-28,51H2,(H2,52,66)(H,53,68)(H,54,65)(H,55,71)(H,56,67)(H,57,70)(H,58,69)/t30?,34-,38+,39?,40+,41+,42-,43+/m1/s1. The Morgan fingerprint density at radius 2 is 1.07 bits per heavy atom. The fourth-order valence-corrected chi connectivity index (χ4v) is 7.69. The predicted octanol–water partition coefficient (Wildman–Crippen LogP) is -0.881. The molecule has 0 heterocycles. The Balaban J connectivity index is 1.35. The van der Waals surface area contributed by atoms with Crippen LogP contribution in [-0.4, -0.2) is 134 Å². The van der Waals surface area contributed by atoms with Crippen LogP contribution < -0.4 is 43.4 Å². The van der Waals surface area contributed by atoms with Crippen molar-refractivity contribution in [2.75, 3.05) is 19.0 Å². The largest absolute Gasteiger partial charge is 0.508 e. The number of allylic oxidation sites excluding steroid dienone is 3. The molecule has 0 saturated heterocycles. The highest BCUT2D eigenvalue weighted by Gasteiger charge is 2.32. The number of phenolic OH excluding ortho intramolecular Hbond substituents is 3. The van der Waals surface area contributed by atoms with Gasteiger partial charge in [0.15, 0.2) is 0 Å². The van der Waals surface area contributed by atoms with Gasteiger partial charge in [0.25, 0.3) is 0 Å². The lowest BCUT2D eigenvalue weighted by atomic mass is 9.99. The number of carbonyl (C=O) groups is 8. The molecule has 4 rings (SSSR count). The molecule has 22 heteroatoms. The molecular weight excluding hydrogens is 953 g/mol. The van der Waals surface area contributed by atoms with Crippen molar-refractivity contribution in [1.82, 2.24) is 31.9 Å². The maximum atomic E-state index is 13.9. The van der Waals surface area contributed by atoms with Gasteiger partial charge in [-0.15, -0.1) is 0 Å². The summed E-state index contributed by atoms with van der Waals surface area (Å²) < 4.78 is 0. The number of nitrogens with one attached hydrogen (secondary N) is 6. The number of primary amides is 1. The number of aryl methyl sites for hydroxylation is 1. The van der Waals surface area contributed by atoms with Gasteiger partial charge in [0, 0.05) is 31.4 Å². The molecule has 0 saturated carbocycles. The molecule has 72 heavy (non-hydrogen) atoms. The number of aldehydes is 1. The van der Waals surface area contributed by atoms with Crippen LogP contribution in [-0.2, 0) is 57.6 Å². The molecule has 0 fully saturated rings. The van der Waals surface area contributed by atoms with E-state index < -0.39 is 96.9 Å². The van der Waals surface area contributed by atoms with Crippen LogP contribution in [0.1, 0.15) is 55.2 Å². The van der Waals surface area contributed by atoms with E-state index in [2.05, 4.69) is 44.5 Å². The normalized spacial score (nSPS) is 15.8. The monoisotopic (exact) mass is 1020 g/mol. The zero-order chi connectivity index (χ0) is 52.7. The third-order valence-corrected chi connectivity index (χ3v) is 12.0. The van der Waals surface area contributed by atoms with E-state index in [4.69, 9.17) is 11.5 Å². The molecule has 8 atom stereocenters. The molecule has 21 nitrogen and oxygen atoms in total. The van der Waals surface area contributed by atoms with E-state index in [0.29, 0.717) is 48.7 Å². The van der Waals surface area contributed by atoms with Crippen molar-refractivity contribution in [3.05, 3.63) is 113 Å². The van der Waals surface area contributed by atoms with E-state index in [-0.39, 0.29) is 61.0 Å². The Kier molecular flexibility index (Phi) is 23.2. The third kappa shape index (κ3) is 19.1. The van der Waals surface area contributed by atoms with Crippen molar-refractivity contribution in [2.24, 2.45) is 17.4 Å². The molecule has 0 spiro atoms. The lowest BCUT2D eigenvalue weighted by Gasteiger charge is -2.25.